The van der Waals surface area contributed by atoms with E-state index in [1.165, 1.54) is 13.8 Å². The lowest BCUT2D eigenvalue weighted by Crippen LogP contribution is -2.57. The van der Waals surface area contributed by atoms with E-state index in [9.17, 15) is 19.2 Å². The van der Waals surface area contributed by atoms with Gasteiger partial charge in [-0.05, 0) is 56.3 Å². The maximum Gasteiger partial charge on any atom is 0.337 e. The van der Waals surface area contributed by atoms with E-state index in [2.05, 4.69) is 13.5 Å². The maximum absolute atomic E-state index is 12.3. The van der Waals surface area contributed by atoms with Crippen molar-refractivity contribution in [1.82, 2.24) is 0 Å². The minimum absolute atomic E-state index is 0.0179. The van der Waals surface area contributed by atoms with Gasteiger partial charge in [0.05, 0.1) is 11.0 Å². The zero-order valence-corrected chi connectivity index (χ0v) is 18.8. The zero-order valence-electron chi connectivity index (χ0n) is 18.8. The topological polar surface area (TPSA) is 96.0 Å². The molecular weight excluding hydrogens is 400 g/mol. The van der Waals surface area contributed by atoms with Gasteiger partial charge in [-0.15, -0.1) is 0 Å². The summed E-state index contributed by atoms with van der Waals surface area (Å²) >= 11 is 0. The molecular formula is C24H32O7. The van der Waals surface area contributed by atoms with Crippen LogP contribution in [0.15, 0.2) is 23.8 Å². The van der Waals surface area contributed by atoms with Gasteiger partial charge in [-0.3, -0.25) is 9.59 Å². The molecule has 2 saturated carbocycles. The van der Waals surface area contributed by atoms with E-state index < -0.39 is 29.6 Å². The molecule has 3 aliphatic rings. The Morgan fingerprint density at radius 1 is 1.19 bits per heavy atom. The summed E-state index contributed by atoms with van der Waals surface area (Å²) in [5.41, 5.74) is 0.431. The van der Waals surface area contributed by atoms with Gasteiger partial charge in [0.2, 0.25) is 0 Å². The highest BCUT2D eigenvalue weighted by Gasteiger charge is 2.59. The summed E-state index contributed by atoms with van der Waals surface area (Å²) < 4.78 is 15.8. The quantitative estimate of drug-likeness (QED) is 0.216. The molecule has 0 aromatic heterocycles. The standard InChI is InChI=1S/C24H32O7/c1-14-6-9-20-23(4,11-10-21(31-16(3)27)24(20,5)13-25)18(14)8-7-17-19(30-15(2)26)12-29-22(17)28/h7,13,18-21H,1,6,8-12H2,2-5H3/b17-7+/t18-,19-,20+,21-,23+,24+/m1/s1. The highest BCUT2D eigenvalue weighted by atomic mass is 16.6. The Morgan fingerprint density at radius 3 is 2.48 bits per heavy atom. The van der Waals surface area contributed by atoms with Crippen molar-refractivity contribution >= 4 is 24.2 Å². The Balaban J connectivity index is 1.89. The molecule has 3 rings (SSSR count). The summed E-state index contributed by atoms with van der Waals surface area (Å²) in [5.74, 6) is -1.24. The Morgan fingerprint density at radius 2 is 1.87 bits per heavy atom. The first-order chi connectivity index (χ1) is 14.5. The fourth-order valence-electron chi connectivity index (χ4n) is 6.08. The van der Waals surface area contributed by atoms with E-state index >= 15 is 0 Å². The molecule has 31 heavy (non-hydrogen) atoms. The fraction of sp³-hybridized carbons (Fsp3) is 0.667. The van der Waals surface area contributed by atoms with E-state index in [1.54, 1.807) is 0 Å². The number of aldehydes is 1. The van der Waals surface area contributed by atoms with Crippen LogP contribution in [0, 0.1) is 22.7 Å². The summed E-state index contributed by atoms with van der Waals surface area (Å²) in [4.78, 5) is 47.4. The van der Waals surface area contributed by atoms with E-state index in [0.29, 0.717) is 18.4 Å². The van der Waals surface area contributed by atoms with Crippen LogP contribution in [0.2, 0.25) is 0 Å². The van der Waals surface area contributed by atoms with Crippen molar-refractivity contribution in [2.75, 3.05) is 6.61 Å². The second kappa shape index (κ2) is 8.60. The van der Waals surface area contributed by atoms with Crippen LogP contribution < -0.4 is 0 Å². The van der Waals surface area contributed by atoms with Gasteiger partial charge < -0.3 is 19.0 Å². The fourth-order valence-corrected chi connectivity index (χ4v) is 6.08. The molecule has 1 saturated heterocycles. The van der Waals surface area contributed by atoms with Crippen LogP contribution in [-0.4, -0.2) is 43.0 Å². The van der Waals surface area contributed by atoms with Gasteiger partial charge in [0.1, 0.15) is 19.0 Å². The van der Waals surface area contributed by atoms with Crippen LogP contribution in [0.1, 0.15) is 59.8 Å². The summed E-state index contributed by atoms with van der Waals surface area (Å²) in [5, 5.41) is 0. The first-order valence-electron chi connectivity index (χ1n) is 10.9. The number of esters is 3. The predicted octanol–water partition coefficient (Wildman–Crippen LogP) is 3.31. The second-order valence-corrected chi connectivity index (χ2v) is 9.52. The molecule has 2 aliphatic carbocycles. The average molecular weight is 433 g/mol. The number of hydrogen-bond acceptors (Lipinski definition) is 7. The third-order valence-corrected chi connectivity index (χ3v) is 7.62. The van der Waals surface area contributed by atoms with Crippen molar-refractivity contribution in [3.63, 3.8) is 0 Å². The lowest BCUT2D eigenvalue weighted by Gasteiger charge is -2.59. The van der Waals surface area contributed by atoms with Gasteiger partial charge in [0.15, 0.2) is 6.10 Å². The van der Waals surface area contributed by atoms with Crippen LogP contribution >= 0.6 is 0 Å². The van der Waals surface area contributed by atoms with Crippen molar-refractivity contribution < 1.29 is 33.4 Å². The number of rotatable bonds is 5. The van der Waals surface area contributed by atoms with Crippen LogP contribution in [0.3, 0.4) is 0 Å². The summed E-state index contributed by atoms with van der Waals surface area (Å²) in [7, 11) is 0. The molecule has 0 unspecified atom stereocenters. The second-order valence-electron chi connectivity index (χ2n) is 9.52. The Labute approximate surface area is 183 Å². The molecule has 170 valence electrons. The molecule has 1 heterocycles. The number of carbonyl (C=O) groups is 4. The predicted molar refractivity (Wildman–Crippen MR) is 112 cm³/mol. The molecule has 3 fully saturated rings. The summed E-state index contributed by atoms with van der Waals surface area (Å²) in [6.45, 7) is 11.1. The minimum atomic E-state index is -0.780. The number of ether oxygens (including phenoxy) is 3. The van der Waals surface area contributed by atoms with Crippen LogP contribution in [0.5, 0.6) is 0 Å². The largest absolute Gasteiger partial charge is 0.462 e. The SMILES string of the molecule is C=C1CC[C@@H]2[C@](C)(C=O)[C@H](OC(C)=O)CC[C@@]2(C)[C@@H]1C/C=C1/C(=O)OC[C@H]1OC(C)=O. The van der Waals surface area contributed by atoms with E-state index in [1.807, 2.05) is 13.0 Å². The number of fused-ring (bicyclic) bond motifs is 1. The summed E-state index contributed by atoms with van der Waals surface area (Å²) in [6.07, 6.45) is 5.12. The van der Waals surface area contributed by atoms with E-state index in [-0.39, 0.29) is 29.8 Å². The minimum Gasteiger partial charge on any atom is -0.462 e. The van der Waals surface area contributed by atoms with Crippen LogP contribution in [0.4, 0.5) is 0 Å². The number of cyclic esters (lactones) is 1. The third kappa shape index (κ3) is 4.19. The van der Waals surface area contributed by atoms with Gasteiger partial charge in [-0.25, -0.2) is 4.79 Å². The Hall–Kier alpha value is -2.44. The third-order valence-electron chi connectivity index (χ3n) is 7.62. The van der Waals surface area contributed by atoms with Crippen LogP contribution in [0.25, 0.3) is 0 Å². The smallest absolute Gasteiger partial charge is 0.337 e. The number of allylic oxidation sites excluding steroid dienone is 2. The molecule has 7 nitrogen and oxygen atoms in total. The van der Waals surface area contributed by atoms with Crippen molar-refractivity contribution in [2.45, 2.75) is 72.0 Å². The highest BCUT2D eigenvalue weighted by molar-refractivity contribution is 5.92. The maximum atomic E-state index is 12.3. The molecule has 7 heteroatoms. The first kappa shape index (κ1) is 23.2. The van der Waals surface area contributed by atoms with Gasteiger partial charge in [0, 0.05) is 13.8 Å². The molecule has 1 aliphatic heterocycles. The van der Waals surface area contributed by atoms with E-state index in [4.69, 9.17) is 14.2 Å². The molecule has 0 spiro atoms. The molecule has 6 atom stereocenters. The summed E-state index contributed by atoms with van der Waals surface area (Å²) in [6, 6.07) is 0. The molecule has 0 radical (unpaired) electrons. The Kier molecular flexibility index (Phi) is 6.44. The highest BCUT2D eigenvalue weighted by Crippen LogP contribution is 2.61. The van der Waals surface area contributed by atoms with Gasteiger partial charge in [-0.1, -0.05) is 25.2 Å². The van der Waals surface area contributed by atoms with Gasteiger partial charge in [0.25, 0.3) is 0 Å². The Bertz CT molecular complexity index is 828. The lowest BCUT2D eigenvalue weighted by atomic mass is 9.46. The normalized spacial score (nSPS) is 38.9. The first-order valence-corrected chi connectivity index (χ1v) is 10.9. The van der Waals surface area contributed by atoms with Crippen molar-refractivity contribution in [3.05, 3.63) is 23.8 Å². The number of hydrogen-bond donors (Lipinski definition) is 0. The lowest BCUT2D eigenvalue weighted by molar-refractivity contribution is -0.176. The average Bonchev–Trinajstić information content (AvgIpc) is 3.02. The molecule has 0 N–H and O–H groups in total. The number of carbonyl (C=O) groups excluding carboxylic acids is 4. The van der Waals surface area contributed by atoms with Crippen LogP contribution in [-0.2, 0) is 33.4 Å². The zero-order chi connectivity index (χ0) is 23.0. The molecule has 0 aromatic carbocycles. The molecule has 0 aromatic rings. The van der Waals surface area contributed by atoms with E-state index in [0.717, 1.165) is 31.1 Å². The van der Waals surface area contributed by atoms with Crippen molar-refractivity contribution in [3.8, 4) is 0 Å². The van der Waals surface area contributed by atoms with Gasteiger partial charge in [-0.2, -0.15) is 0 Å². The van der Waals surface area contributed by atoms with Crippen molar-refractivity contribution in [1.29, 1.82) is 0 Å². The monoisotopic (exact) mass is 432 g/mol. The van der Waals surface area contributed by atoms with Crippen molar-refractivity contribution in [2.24, 2.45) is 22.7 Å². The molecule has 0 amide bonds. The molecule has 0 bridgehead atoms. The van der Waals surface area contributed by atoms with Gasteiger partial charge >= 0.3 is 17.9 Å².